The second-order valence-electron chi connectivity index (χ2n) is 4.21. The molecule has 0 aliphatic heterocycles. The molecule has 3 heteroatoms. The lowest BCUT2D eigenvalue weighted by atomic mass is 10.2. The Morgan fingerprint density at radius 3 is 2.53 bits per heavy atom. The van der Waals surface area contributed by atoms with Crippen LogP contribution in [0.15, 0.2) is 60.7 Å². The number of aromatic amines is 1. The van der Waals surface area contributed by atoms with E-state index in [-0.39, 0.29) is 5.78 Å². The van der Waals surface area contributed by atoms with Crippen molar-refractivity contribution in [1.29, 1.82) is 0 Å². The van der Waals surface area contributed by atoms with Crippen molar-refractivity contribution in [3.63, 3.8) is 0 Å². The summed E-state index contributed by atoms with van der Waals surface area (Å²) in [6, 6.07) is 17.3. The van der Waals surface area contributed by atoms with Crippen molar-refractivity contribution in [2.45, 2.75) is 0 Å². The summed E-state index contributed by atoms with van der Waals surface area (Å²) in [6.07, 6.45) is 3.32. The molecule has 0 radical (unpaired) electrons. The van der Waals surface area contributed by atoms with Crippen molar-refractivity contribution in [3.8, 4) is 0 Å². The molecule has 19 heavy (non-hydrogen) atoms. The fourth-order valence-electron chi connectivity index (χ4n) is 1.88. The number of hydrogen-bond acceptors (Lipinski definition) is 2. The normalized spacial score (nSPS) is 11.2. The van der Waals surface area contributed by atoms with Gasteiger partial charge < -0.3 is 4.98 Å². The number of nitrogens with one attached hydrogen (secondary N) is 1. The number of H-pyrrole nitrogens is 1. The third kappa shape index (κ3) is 2.45. The number of allylic oxidation sites excluding steroid dienone is 1. The largest absolute Gasteiger partial charge is 0.335 e. The molecule has 0 saturated heterocycles. The second kappa shape index (κ2) is 4.90. The minimum absolute atomic E-state index is 0.125. The Bertz CT molecular complexity index is 709. The summed E-state index contributed by atoms with van der Waals surface area (Å²) >= 11 is 0. The van der Waals surface area contributed by atoms with Gasteiger partial charge in [-0.05, 0) is 23.8 Å². The van der Waals surface area contributed by atoms with Crippen molar-refractivity contribution in [2.75, 3.05) is 0 Å². The van der Waals surface area contributed by atoms with Crippen LogP contribution < -0.4 is 0 Å². The molecule has 0 atom stereocenters. The molecule has 92 valence electrons. The summed E-state index contributed by atoms with van der Waals surface area (Å²) in [6.45, 7) is 0. The third-order valence-corrected chi connectivity index (χ3v) is 2.85. The van der Waals surface area contributed by atoms with E-state index in [4.69, 9.17) is 0 Å². The van der Waals surface area contributed by atoms with E-state index in [1.807, 2.05) is 54.6 Å². The molecule has 0 bridgehead atoms. The molecular weight excluding hydrogens is 236 g/mol. The summed E-state index contributed by atoms with van der Waals surface area (Å²) in [5, 5.41) is 0. The van der Waals surface area contributed by atoms with Crippen LogP contribution in [0.3, 0.4) is 0 Å². The van der Waals surface area contributed by atoms with Gasteiger partial charge in [0.25, 0.3) is 0 Å². The zero-order valence-electron chi connectivity index (χ0n) is 10.2. The van der Waals surface area contributed by atoms with Crippen LogP contribution in [0, 0.1) is 0 Å². The molecule has 2 aromatic carbocycles. The van der Waals surface area contributed by atoms with Gasteiger partial charge in [0.05, 0.1) is 11.0 Å². The van der Waals surface area contributed by atoms with Gasteiger partial charge in [0.1, 0.15) is 0 Å². The Kier molecular flexibility index (Phi) is 2.94. The maximum absolute atomic E-state index is 12.0. The zero-order chi connectivity index (χ0) is 13.1. The Hall–Kier alpha value is -2.68. The monoisotopic (exact) mass is 248 g/mol. The highest BCUT2D eigenvalue weighted by molar-refractivity contribution is 6.05. The highest BCUT2D eigenvalue weighted by Crippen LogP contribution is 2.11. The molecule has 0 aliphatic rings. The molecule has 0 saturated carbocycles. The second-order valence-corrected chi connectivity index (χ2v) is 4.21. The van der Waals surface area contributed by atoms with Crippen LogP contribution in [0.5, 0.6) is 0 Å². The lowest BCUT2D eigenvalue weighted by molar-refractivity contribution is 0.103. The molecular formula is C16H12N2O. The zero-order valence-corrected chi connectivity index (χ0v) is 10.2. The molecule has 0 amide bonds. The van der Waals surface area contributed by atoms with E-state index in [9.17, 15) is 4.79 Å². The van der Waals surface area contributed by atoms with Crippen LogP contribution in [-0.4, -0.2) is 15.8 Å². The number of para-hydroxylation sites is 2. The third-order valence-electron chi connectivity index (χ3n) is 2.85. The van der Waals surface area contributed by atoms with Crippen LogP contribution in [0.25, 0.3) is 17.1 Å². The van der Waals surface area contributed by atoms with Crippen molar-refractivity contribution in [2.24, 2.45) is 0 Å². The Balaban J connectivity index is 1.86. The number of carbonyl (C=O) groups is 1. The average molecular weight is 248 g/mol. The van der Waals surface area contributed by atoms with E-state index in [1.165, 1.54) is 6.08 Å². The maximum Gasteiger partial charge on any atom is 0.221 e. The summed E-state index contributed by atoms with van der Waals surface area (Å²) in [5.74, 6) is 0.244. The molecule has 3 rings (SSSR count). The van der Waals surface area contributed by atoms with Crippen molar-refractivity contribution in [3.05, 3.63) is 72.1 Å². The predicted octanol–water partition coefficient (Wildman–Crippen LogP) is 3.46. The van der Waals surface area contributed by atoms with Crippen LogP contribution in [-0.2, 0) is 0 Å². The van der Waals surface area contributed by atoms with Crippen molar-refractivity contribution < 1.29 is 4.79 Å². The van der Waals surface area contributed by atoms with Crippen LogP contribution >= 0.6 is 0 Å². The number of aromatic nitrogens is 2. The Morgan fingerprint density at radius 2 is 1.74 bits per heavy atom. The molecule has 0 unspecified atom stereocenters. The van der Waals surface area contributed by atoms with Crippen LogP contribution in [0.2, 0.25) is 0 Å². The minimum Gasteiger partial charge on any atom is -0.335 e. The van der Waals surface area contributed by atoms with E-state index in [2.05, 4.69) is 9.97 Å². The topological polar surface area (TPSA) is 45.8 Å². The molecule has 1 N–H and O–H groups in total. The number of imidazole rings is 1. The quantitative estimate of drug-likeness (QED) is 0.570. The maximum atomic E-state index is 12.0. The molecule has 1 heterocycles. The van der Waals surface area contributed by atoms with Gasteiger partial charge >= 0.3 is 0 Å². The van der Waals surface area contributed by atoms with Gasteiger partial charge in [0, 0.05) is 0 Å². The van der Waals surface area contributed by atoms with Gasteiger partial charge in [-0.3, -0.25) is 4.79 Å². The van der Waals surface area contributed by atoms with Crippen LogP contribution in [0.4, 0.5) is 0 Å². The van der Waals surface area contributed by atoms with E-state index in [0.29, 0.717) is 5.82 Å². The number of ketones is 1. The fraction of sp³-hybridized carbons (Fsp3) is 0. The molecule has 0 aliphatic carbocycles. The van der Waals surface area contributed by atoms with Crippen molar-refractivity contribution in [1.82, 2.24) is 9.97 Å². The molecule has 3 nitrogen and oxygen atoms in total. The highest BCUT2D eigenvalue weighted by atomic mass is 16.1. The smallest absolute Gasteiger partial charge is 0.221 e. The summed E-state index contributed by atoms with van der Waals surface area (Å²) in [4.78, 5) is 19.3. The minimum atomic E-state index is -0.125. The predicted molar refractivity (Wildman–Crippen MR) is 75.9 cm³/mol. The lowest BCUT2D eigenvalue weighted by Gasteiger charge is -1.91. The summed E-state index contributed by atoms with van der Waals surface area (Å²) in [7, 11) is 0. The van der Waals surface area contributed by atoms with Gasteiger partial charge in [-0.25, -0.2) is 4.98 Å². The first-order valence-corrected chi connectivity index (χ1v) is 6.05. The van der Waals surface area contributed by atoms with Gasteiger partial charge in [-0.2, -0.15) is 0 Å². The van der Waals surface area contributed by atoms with E-state index < -0.39 is 0 Å². The molecule has 0 spiro atoms. The molecule has 3 aromatic rings. The first-order valence-electron chi connectivity index (χ1n) is 6.05. The van der Waals surface area contributed by atoms with Gasteiger partial charge in [-0.15, -0.1) is 0 Å². The fourth-order valence-corrected chi connectivity index (χ4v) is 1.88. The highest BCUT2D eigenvalue weighted by Gasteiger charge is 2.07. The number of rotatable bonds is 3. The van der Waals surface area contributed by atoms with Crippen molar-refractivity contribution >= 4 is 22.9 Å². The van der Waals surface area contributed by atoms with Crippen LogP contribution in [0.1, 0.15) is 16.2 Å². The number of benzene rings is 2. The first-order chi connectivity index (χ1) is 9.33. The van der Waals surface area contributed by atoms with Gasteiger partial charge in [0.2, 0.25) is 5.78 Å². The Morgan fingerprint density at radius 1 is 1.00 bits per heavy atom. The molecule has 0 fully saturated rings. The van der Waals surface area contributed by atoms with E-state index >= 15 is 0 Å². The average Bonchev–Trinajstić information content (AvgIpc) is 2.90. The van der Waals surface area contributed by atoms with E-state index in [1.54, 1.807) is 6.08 Å². The standard InChI is InChI=1S/C16H12N2O/c19-15(11-10-12-6-2-1-3-7-12)16-17-13-8-4-5-9-14(13)18-16/h1-11H,(H,17,18)/b11-10+. The number of hydrogen-bond donors (Lipinski definition) is 1. The SMILES string of the molecule is O=C(/C=C/c1ccccc1)c1nc2ccccc2[nH]1. The number of carbonyl (C=O) groups excluding carboxylic acids is 1. The first kappa shape index (κ1) is 11.4. The lowest BCUT2D eigenvalue weighted by Crippen LogP contribution is -1.96. The summed E-state index contributed by atoms with van der Waals surface area (Å²) < 4.78 is 0. The summed E-state index contributed by atoms with van der Waals surface area (Å²) in [5.41, 5.74) is 2.67. The van der Waals surface area contributed by atoms with E-state index in [0.717, 1.165) is 16.6 Å². The number of nitrogens with zero attached hydrogens (tertiary/aromatic N) is 1. The van der Waals surface area contributed by atoms with Gasteiger partial charge in [0.15, 0.2) is 5.82 Å². The van der Waals surface area contributed by atoms with Gasteiger partial charge in [-0.1, -0.05) is 48.5 Å². The number of fused-ring (bicyclic) bond motifs is 1. The Labute approximate surface area is 110 Å². The molecule has 1 aromatic heterocycles.